The Hall–Kier alpha value is -3.58. The Morgan fingerprint density at radius 2 is 1.94 bits per heavy atom. The molecule has 3 aliphatic heterocycles. The lowest BCUT2D eigenvalue weighted by Gasteiger charge is -2.37. The summed E-state index contributed by atoms with van der Waals surface area (Å²) in [6.07, 6.45) is 3.62. The predicted octanol–water partition coefficient (Wildman–Crippen LogP) is 4.45. The Kier molecular flexibility index (Phi) is 4.23. The molecule has 5 nitrogen and oxygen atoms in total. The van der Waals surface area contributed by atoms with E-state index >= 15 is 0 Å². The van der Waals surface area contributed by atoms with E-state index in [1.807, 2.05) is 40.6 Å². The van der Waals surface area contributed by atoms with Crippen molar-refractivity contribution in [3.63, 3.8) is 0 Å². The molecule has 1 aromatic heterocycles. The molecule has 3 aliphatic rings. The van der Waals surface area contributed by atoms with E-state index in [0.717, 1.165) is 0 Å². The molecule has 1 N–H and O–H groups in total. The van der Waals surface area contributed by atoms with Gasteiger partial charge in [-0.15, -0.1) is 11.3 Å². The first-order valence-corrected chi connectivity index (χ1v) is 11.6. The van der Waals surface area contributed by atoms with E-state index in [2.05, 4.69) is 5.32 Å². The number of nitrogens with one attached hydrogen (secondary N) is 1. The summed E-state index contributed by atoms with van der Waals surface area (Å²) >= 11 is 1.30. The van der Waals surface area contributed by atoms with Gasteiger partial charge in [0.05, 0.1) is 22.9 Å². The van der Waals surface area contributed by atoms with Crippen molar-refractivity contribution in [3.05, 3.63) is 87.9 Å². The van der Waals surface area contributed by atoms with Crippen LogP contribution in [0.25, 0.3) is 6.08 Å². The van der Waals surface area contributed by atoms with Crippen LogP contribution in [0.3, 0.4) is 0 Å². The van der Waals surface area contributed by atoms with Crippen LogP contribution in [0.4, 0.5) is 15.8 Å². The molecule has 4 heterocycles. The fourth-order valence-electron chi connectivity index (χ4n) is 5.88. The normalized spacial score (nSPS) is 26.7. The van der Waals surface area contributed by atoms with Gasteiger partial charge in [0.15, 0.2) is 11.6 Å². The van der Waals surface area contributed by atoms with Crippen molar-refractivity contribution >= 4 is 46.3 Å². The lowest BCUT2D eigenvalue weighted by atomic mass is 9.65. The van der Waals surface area contributed by atoms with Crippen LogP contribution in [0.5, 0.6) is 0 Å². The maximum Gasteiger partial charge on any atom is 0.238 e. The molecule has 0 unspecified atom stereocenters. The van der Waals surface area contributed by atoms with E-state index in [4.69, 9.17) is 0 Å². The standard InChI is InChI=1S/C26H19FN2O3S/c1-14(30)23-22(24(31)20-7-4-12-33-20)26(17-5-2-3-6-18(17)28-25(26)32)21-11-8-15-13-16(27)9-10-19(15)29(21)23/h2-13,21-23H,1H3,(H,28,32)/t21-,22-,23-,26+/m1/s1. The molecule has 1 spiro atoms. The molecular formula is C26H19FN2O3S. The van der Waals surface area contributed by atoms with Crippen molar-refractivity contribution in [2.75, 3.05) is 10.2 Å². The number of nitrogens with zero attached hydrogens (tertiary/aromatic N) is 1. The van der Waals surface area contributed by atoms with E-state index in [9.17, 15) is 18.8 Å². The Morgan fingerprint density at radius 1 is 1.12 bits per heavy atom. The average Bonchev–Trinajstić information content (AvgIpc) is 3.50. The number of carbonyl (C=O) groups is 3. The molecule has 164 valence electrons. The number of halogens is 1. The van der Waals surface area contributed by atoms with E-state index in [0.29, 0.717) is 27.4 Å². The third kappa shape index (κ3) is 2.54. The molecule has 33 heavy (non-hydrogen) atoms. The molecule has 6 rings (SSSR count). The van der Waals surface area contributed by atoms with Crippen molar-refractivity contribution < 1.29 is 18.8 Å². The highest BCUT2D eigenvalue weighted by molar-refractivity contribution is 7.12. The zero-order valence-electron chi connectivity index (χ0n) is 17.6. The van der Waals surface area contributed by atoms with Crippen LogP contribution in [0.2, 0.25) is 0 Å². The Labute approximate surface area is 193 Å². The zero-order valence-corrected chi connectivity index (χ0v) is 18.4. The van der Waals surface area contributed by atoms with Crippen LogP contribution in [0, 0.1) is 11.7 Å². The van der Waals surface area contributed by atoms with Crippen LogP contribution < -0.4 is 10.2 Å². The highest BCUT2D eigenvalue weighted by Crippen LogP contribution is 2.57. The summed E-state index contributed by atoms with van der Waals surface area (Å²) in [7, 11) is 0. The molecule has 0 aliphatic carbocycles. The monoisotopic (exact) mass is 458 g/mol. The number of para-hydroxylation sites is 1. The molecule has 0 bridgehead atoms. The van der Waals surface area contributed by atoms with Gasteiger partial charge in [0.2, 0.25) is 5.91 Å². The summed E-state index contributed by atoms with van der Waals surface area (Å²) in [6, 6.07) is 13.8. The maximum atomic E-state index is 14.0. The molecule has 0 saturated carbocycles. The smallest absolute Gasteiger partial charge is 0.238 e. The molecule has 7 heteroatoms. The number of thiophene rings is 1. The van der Waals surface area contributed by atoms with Crippen molar-refractivity contribution in [1.29, 1.82) is 0 Å². The topological polar surface area (TPSA) is 66.5 Å². The predicted molar refractivity (Wildman–Crippen MR) is 125 cm³/mol. The van der Waals surface area contributed by atoms with E-state index < -0.39 is 23.4 Å². The first-order chi connectivity index (χ1) is 15.9. The van der Waals surface area contributed by atoms with Crippen LogP contribution in [0.1, 0.15) is 27.7 Å². The highest BCUT2D eigenvalue weighted by Gasteiger charge is 2.69. The van der Waals surface area contributed by atoms with E-state index in [1.54, 1.807) is 24.3 Å². The molecule has 1 amide bonds. The van der Waals surface area contributed by atoms with Gasteiger partial charge in [-0.25, -0.2) is 4.39 Å². The Morgan fingerprint density at radius 3 is 2.70 bits per heavy atom. The number of hydrogen-bond donors (Lipinski definition) is 1. The molecular weight excluding hydrogens is 439 g/mol. The number of carbonyl (C=O) groups excluding carboxylic acids is 3. The number of ketones is 2. The summed E-state index contributed by atoms with van der Waals surface area (Å²) in [4.78, 5) is 43.4. The second kappa shape index (κ2) is 6.96. The van der Waals surface area contributed by atoms with Crippen LogP contribution >= 0.6 is 11.3 Å². The molecule has 4 atom stereocenters. The van der Waals surface area contributed by atoms with E-state index in [1.165, 1.54) is 30.4 Å². The van der Waals surface area contributed by atoms with Gasteiger partial charge < -0.3 is 10.2 Å². The third-order valence-corrected chi connectivity index (χ3v) is 7.94. The summed E-state index contributed by atoms with van der Waals surface area (Å²) in [6.45, 7) is 1.45. The summed E-state index contributed by atoms with van der Waals surface area (Å²) < 4.78 is 14.0. The number of Topliss-reactive ketones (excluding diaryl/α,β-unsaturated/α-hetero) is 2. The van der Waals surface area contributed by atoms with Gasteiger partial charge in [-0.3, -0.25) is 14.4 Å². The fourth-order valence-corrected chi connectivity index (χ4v) is 6.58. The largest absolute Gasteiger partial charge is 0.352 e. The number of fused-ring (bicyclic) bond motifs is 6. The molecule has 2 aromatic carbocycles. The van der Waals surface area contributed by atoms with E-state index in [-0.39, 0.29) is 23.3 Å². The quantitative estimate of drug-likeness (QED) is 0.589. The van der Waals surface area contributed by atoms with Crippen molar-refractivity contribution in [3.8, 4) is 0 Å². The van der Waals surface area contributed by atoms with Gasteiger partial charge in [-0.05, 0) is 48.2 Å². The fraction of sp³-hybridized carbons (Fsp3) is 0.192. The summed E-state index contributed by atoms with van der Waals surface area (Å²) in [5.74, 6) is -2.08. The minimum Gasteiger partial charge on any atom is -0.352 e. The van der Waals surface area contributed by atoms with Crippen molar-refractivity contribution in [2.24, 2.45) is 5.92 Å². The summed E-state index contributed by atoms with van der Waals surface area (Å²) in [5.41, 5.74) is 1.31. The van der Waals surface area contributed by atoms with Gasteiger partial charge in [0.25, 0.3) is 0 Å². The zero-order chi connectivity index (χ0) is 22.9. The average molecular weight is 459 g/mol. The lowest BCUT2D eigenvalue weighted by Crippen LogP contribution is -2.51. The van der Waals surface area contributed by atoms with Gasteiger partial charge >= 0.3 is 0 Å². The van der Waals surface area contributed by atoms with Gasteiger partial charge in [0.1, 0.15) is 11.2 Å². The number of anilines is 2. The maximum absolute atomic E-state index is 14.0. The Balaban J connectivity index is 1.67. The first kappa shape index (κ1) is 20.1. The van der Waals surface area contributed by atoms with Gasteiger partial charge in [0, 0.05) is 16.9 Å². The second-order valence-corrected chi connectivity index (χ2v) is 9.61. The third-order valence-electron chi connectivity index (χ3n) is 7.06. The first-order valence-electron chi connectivity index (χ1n) is 10.7. The SMILES string of the molecule is CC(=O)[C@@H]1[C@H](C(=O)c2cccs2)[C@@]2(C(=O)Nc3ccccc32)[C@H]2C=Cc3cc(F)ccc3N12. The molecule has 0 radical (unpaired) electrons. The molecule has 1 saturated heterocycles. The van der Waals surface area contributed by atoms with Crippen LogP contribution in [0.15, 0.2) is 66.1 Å². The number of hydrogen-bond acceptors (Lipinski definition) is 5. The summed E-state index contributed by atoms with van der Waals surface area (Å²) in [5, 5.41) is 4.78. The van der Waals surface area contributed by atoms with Crippen LogP contribution in [-0.2, 0) is 15.0 Å². The number of benzene rings is 2. The van der Waals surface area contributed by atoms with Crippen molar-refractivity contribution in [1.82, 2.24) is 0 Å². The number of rotatable bonds is 3. The minimum atomic E-state index is -1.30. The highest BCUT2D eigenvalue weighted by atomic mass is 32.1. The second-order valence-electron chi connectivity index (χ2n) is 8.66. The molecule has 1 fully saturated rings. The van der Waals surface area contributed by atoms with Gasteiger partial charge in [-0.1, -0.05) is 36.4 Å². The van der Waals surface area contributed by atoms with Crippen LogP contribution in [-0.4, -0.2) is 29.6 Å². The lowest BCUT2D eigenvalue weighted by molar-refractivity contribution is -0.122. The number of amides is 1. The minimum absolute atomic E-state index is 0.213. The molecule has 3 aromatic rings. The van der Waals surface area contributed by atoms with Crippen molar-refractivity contribution in [2.45, 2.75) is 24.4 Å². The van der Waals surface area contributed by atoms with Gasteiger partial charge in [-0.2, -0.15) is 0 Å². The Bertz CT molecular complexity index is 1370.